The molecule has 1 aromatic carbocycles. The number of benzene rings is 1. The van der Waals surface area contributed by atoms with Crippen molar-refractivity contribution in [2.45, 2.75) is 13.8 Å². The van der Waals surface area contributed by atoms with E-state index in [9.17, 15) is 4.79 Å². The Kier molecular flexibility index (Phi) is 7.01. The zero-order chi connectivity index (χ0) is 19.8. The van der Waals surface area contributed by atoms with E-state index in [1.807, 2.05) is 13.0 Å². The second-order valence-corrected chi connectivity index (χ2v) is 5.78. The van der Waals surface area contributed by atoms with E-state index < -0.39 is 5.91 Å². The molecule has 1 heterocycles. The van der Waals surface area contributed by atoms with E-state index in [1.165, 1.54) is 0 Å². The van der Waals surface area contributed by atoms with Gasteiger partial charge in [0.05, 0.1) is 10.6 Å². The topological polar surface area (TPSA) is 104 Å². The van der Waals surface area contributed by atoms with Crippen molar-refractivity contribution in [2.75, 3.05) is 17.7 Å². The maximum absolute atomic E-state index is 12.5. The Morgan fingerprint density at radius 3 is 2.74 bits per heavy atom. The lowest BCUT2D eigenvalue weighted by Gasteiger charge is -2.11. The van der Waals surface area contributed by atoms with Crippen molar-refractivity contribution in [2.24, 2.45) is 10.2 Å². The molecule has 2 rings (SSSR count). The van der Waals surface area contributed by atoms with Crippen LogP contribution < -0.4 is 16.0 Å². The van der Waals surface area contributed by atoms with Crippen LogP contribution in [-0.2, 0) is 0 Å². The third-order valence-corrected chi connectivity index (χ3v) is 3.65. The van der Waals surface area contributed by atoms with Crippen molar-refractivity contribution in [3.8, 4) is 0 Å². The predicted molar refractivity (Wildman–Crippen MR) is 110 cm³/mol. The number of nitrogens with zero attached hydrogens (tertiary/aromatic N) is 4. The van der Waals surface area contributed by atoms with Gasteiger partial charge in [0, 0.05) is 31.2 Å². The average Bonchev–Trinajstić information content (AvgIpc) is 2.63. The van der Waals surface area contributed by atoms with E-state index in [1.54, 1.807) is 44.3 Å². The van der Waals surface area contributed by atoms with E-state index in [0.29, 0.717) is 22.5 Å². The number of hydrogen-bond donors (Lipinski definition) is 3. The smallest absolute Gasteiger partial charge is 0.258 e. The van der Waals surface area contributed by atoms with Crippen LogP contribution in [-0.4, -0.2) is 35.5 Å². The molecule has 0 aliphatic carbocycles. The zero-order valence-electron chi connectivity index (χ0n) is 15.2. The molecule has 140 valence electrons. The van der Waals surface area contributed by atoms with Gasteiger partial charge in [-0.15, -0.1) is 5.10 Å². The van der Waals surface area contributed by atoms with Gasteiger partial charge in [-0.25, -0.2) is 4.98 Å². The Bertz CT molecular complexity index is 909. The van der Waals surface area contributed by atoms with Gasteiger partial charge in [0.25, 0.3) is 5.91 Å². The first-order chi connectivity index (χ1) is 13.0. The summed E-state index contributed by atoms with van der Waals surface area (Å²) >= 11 is 6.18. The molecule has 1 amide bonds. The summed E-state index contributed by atoms with van der Waals surface area (Å²) in [7, 11) is 1.78. The molecule has 0 unspecified atom stereocenters. The molecule has 0 atom stereocenters. The molecule has 9 heteroatoms. The molecule has 0 saturated carbocycles. The number of carbonyl (C=O) groups is 1. The summed E-state index contributed by atoms with van der Waals surface area (Å²) in [5, 5.41) is 16.1. The van der Waals surface area contributed by atoms with Crippen LogP contribution in [0.2, 0.25) is 5.02 Å². The molecular weight excluding hydrogens is 366 g/mol. The van der Waals surface area contributed by atoms with Crippen LogP contribution in [0.25, 0.3) is 0 Å². The highest BCUT2D eigenvalue weighted by Crippen LogP contribution is 2.23. The van der Waals surface area contributed by atoms with Gasteiger partial charge in [0.15, 0.2) is 5.84 Å². The van der Waals surface area contributed by atoms with Crippen LogP contribution >= 0.6 is 11.6 Å². The van der Waals surface area contributed by atoms with Gasteiger partial charge in [0.2, 0.25) is 5.95 Å². The Morgan fingerprint density at radius 2 is 2.07 bits per heavy atom. The summed E-state index contributed by atoms with van der Waals surface area (Å²) in [6, 6.07) is 6.78. The molecule has 0 bridgehead atoms. The minimum atomic E-state index is -0.426. The second-order valence-electron chi connectivity index (χ2n) is 5.37. The van der Waals surface area contributed by atoms with Crippen molar-refractivity contribution in [3.05, 3.63) is 52.7 Å². The molecule has 3 N–H and O–H groups in total. The Labute approximate surface area is 162 Å². The number of aryl methyl sites for hydroxylation is 1. The molecule has 8 nitrogen and oxygen atoms in total. The van der Waals surface area contributed by atoms with Crippen molar-refractivity contribution in [1.82, 2.24) is 15.3 Å². The number of aromatic nitrogens is 2. The van der Waals surface area contributed by atoms with Crippen LogP contribution in [0.4, 0.5) is 17.5 Å². The molecule has 0 saturated heterocycles. The maximum Gasteiger partial charge on any atom is 0.258 e. The van der Waals surface area contributed by atoms with Crippen LogP contribution in [0.1, 0.15) is 23.0 Å². The molecule has 0 fully saturated rings. The minimum Gasteiger partial charge on any atom is -0.373 e. The summed E-state index contributed by atoms with van der Waals surface area (Å²) in [5.41, 5.74) is 1.68. The number of carbonyl (C=O) groups excluding carboxylic acids is 1. The van der Waals surface area contributed by atoms with Crippen molar-refractivity contribution in [1.29, 1.82) is 0 Å². The van der Waals surface area contributed by atoms with Crippen LogP contribution in [0.5, 0.6) is 0 Å². The van der Waals surface area contributed by atoms with Crippen molar-refractivity contribution < 1.29 is 4.79 Å². The van der Waals surface area contributed by atoms with Gasteiger partial charge in [-0.1, -0.05) is 17.7 Å². The van der Waals surface area contributed by atoms with E-state index >= 15 is 0 Å². The first kappa shape index (κ1) is 20.1. The van der Waals surface area contributed by atoms with Crippen LogP contribution in [0.3, 0.4) is 0 Å². The van der Waals surface area contributed by atoms with E-state index in [0.717, 1.165) is 5.69 Å². The number of nitrogens with one attached hydrogen (secondary N) is 3. The normalized spacial score (nSPS) is 11.3. The fourth-order valence-electron chi connectivity index (χ4n) is 2.18. The molecule has 0 aliphatic rings. The highest BCUT2D eigenvalue weighted by Gasteiger charge is 2.13. The second kappa shape index (κ2) is 9.44. The van der Waals surface area contributed by atoms with Crippen molar-refractivity contribution in [3.63, 3.8) is 0 Å². The fraction of sp³-hybridized carbons (Fsp3) is 0.167. The zero-order valence-corrected chi connectivity index (χ0v) is 16.0. The molecule has 1 aromatic heterocycles. The number of amides is 1. The Balaban J connectivity index is 2.28. The number of anilines is 3. The van der Waals surface area contributed by atoms with E-state index in [-0.39, 0.29) is 11.4 Å². The SMILES string of the molecule is C=N/N=C(\C=C/C)NC(=O)c1cc(Nc2nc(C)cc(NC)n2)ccc1Cl. The van der Waals surface area contributed by atoms with Gasteiger partial charge >= 0.3 is 0 Å². The number of hydrogen-bond acceptors (Lipinski definition) is 7. The van der Waals surface area contributed by atoms with E-state index in [2.05, 4.69) is 42.8 Å². The molecule has 0 spiro atoms. The summed E-state index contributed by atoms with van der Waals surface area (Å²) < 4.78 is 0. The monoisotopic (exact) mass is 385 g/mol. The van der Waals surface area contributed by atoms with E-state index in [4.69, 9.17) is 11.6 Å². The van der Waals surface area contributed by atoms with Gasteiger partial charge in [-0.05, 0) is 38.1 Å². The van der Waals surface area contributed by atoms with Crippen LogP contribution in [0.15, 0.2) is 46.6 Å². The number of amidine groups is 1. The van der Waals surface area contributed by atoms with Gasteiger partial charge in [-0.2, -0.15) is 10.1 Å². The highest BCUT2D eigenvalue weighted by atomic mass is 35.5. The lowest BCUT2D eigenvalue weighted by Crippen LogP contribution is -2.29. The minimum absolute atomic E-state index is 0.257. The molecular formula is C18H20ClN7O. The summed E-state index contributed by atoms with van der Waals surface area (Å²) in [6.45, 7) is 6.95. The Morgan fingerprint density at radius 1 is 1.30 bits per heavy atom. The largest absolute Gasteiger partial charge is 0.373 e. The standard InChI is InChI=1S/C18H20ClN7O/c1-5-6-15(26-21-4)24-17(27)13-10-12(7-8-14(13)19)23-18-22-11(2)9-16(20-3)25-18/h5-10H,4H2,1-3H3,(H,24,26,27)(H2,20,22,23,25)/b6-5-. The quantitative estimate of drug-likeness (QED) is 0.401. The number of halogens is 1. The molecule has 27 heavy (non-hydrogen) atoms. The molecule has 2 aromatic rings. The fourth-order valence-corrected chi connectivity index (χ4v) is 2.38. The average molecular weight is 386 g/mol. The molecule has 0 radical (unpaired) electrons. The lowest BCUT2D eigenvalue weighted by molar-refractivity contribution is 0.0977. The summed E-state index contributed by atoms with van der Waals surface area (Å²) in [6.07, 6.45) is 3.32. The van der Waals surface area contributed by atoms with Gasteiger partial charge in [-0.3, -0.25) is 4.79 Å². The predicted octanol–water partition coefficient (Wildman–Crippen LogP) is 3.54. The van der Waals surface area contributed by atoms with Gasteiger partial charge in [0.1, 0.15) is 5.82 Å². The highest BCUT2D eigenvalue weighted by molar-refractivity contribution is 6.34. The lowest BCUT2D eigenvalue weighted by atomic mass is 10.2. The summed E-state index contributed by atoms with van der Waals surface area (Å²) in [5.74, 6) is 0.916. The first-order valence-electron chi connectivity index (χ1n) is 8.04. The van der Waals surface area contributed by atoms with Crippen LogP contribution in [0, 0.1) is 6.92 Å². The maximum atomic E-state index is 12.5. The Hall–Kier alpha value is -3.26. The third kappa shape index (κ3) is 5.61. The number of rotatable bonds is 6. The van der Waals surface area contributed by atoms with Crippen molar-refractivity contribution >= 4 is 47.5 Å². The summed E-state index contributed by atoms with van der Waals surface area (Å²) in [4.78, 5) is 21.2. The third-order valence-electron chi connectivity index (χ3n) is 3.32. The number of allylic oxidation sites excluding steroid dienone is 1. The molecule has 0 aliphatic heterocycles. The van der Waals surface area contributed by atoms with Gasteiger partial charge < -0.3 is 16.0 Å². The first-order valence-corrected chi connectivity index (χ1v) is 8.42.